The first-order valence-electron chi connectivity index (χ1n) is 10.4. The number of hydrogen-bond donors (Lipinski definition) is 0. The molecule has 7 heteroatoms. The fraction of sp³-hybridized carbons (Fsp3) is 0.619. The van der Waals surface area contributed by atoms with Crippen LogP contribution in [0.1, 0.15) is 36.0 Å². The van der Waals surface area contributed by atoms with Crippen molar-refractivity contribution in [3.8, 4) is 6.07 Å². The van der Waals surface area contributed by atoms with Crippen molar-refractivity contribution in [2.75, 3.05) is 26.7 Å². The zero-order valence-corrected chi connectivity index (χ0v) is 16.9. The highest BCUT2D eigenvalue weighted by Gasteiger charge is 2.41. The van der Waals surface area contributed by atoms with Crippen molar-refractivity contribution in [3.05, 3.63) is 41.0 Å². The van der Waals surface area contributed by atoms with Gasteiger partial charge in [-0.25, -0.2) is 0 Å². The summed E-state index contributed by atoms with van der Waals surface area (Å²) in [5.41, 5.74) is 4.52. The smallest absolute Gasteiger partial charge is 0.120 e. The van der Waals surface area contributed by atoms with E-state index in [0.29, 0.717) is 6.04 Å². The minimum Gasteiger partial charge on any atom is -0.339 e. The molecule has 5 heterocycles. The molecule has 148 valence electrons. The summed E-state index contributed by atoms with van der Waals surface area (Å²) in [5.74, 6) is 0. The lowest BCUT2D eigenvalue weighted by Crippen LogP contribution is -2.44. The van der Waals surface area contributed by atoms with Gasteiger partial charge >= 0.3 is 0 Å². The average molecular weight is 380 g/mol. The van der Waals surface area contributed by atoms with Gasteiger partial charge in [0, 0.05) is 64.1 Å². The molecule has 2 saturated heterocycles. The Bertz CT molecular complexity index is 902. The Morgan fingerprint density at radius 1 is 1.18 bits per heavy atom. The van der Waals surface area contributed by atoms with Crippen molar-refractivity contribution in [1.82, 2.24) is 29.0 Å². The highest BCUT2D eigenvalue weighted by Crippen LogP contribution is 2.30. The van der Waals surface area contributed by atoms with Crippen LogP contribution in [0.2, 0.25) is 0 Å². The molecular formula is C21H29N7. The Morgan fingerprint density at radius 2 is 2.07 bits per heavy atom. The molecule has 0 aliphatic carbocycles. The van der Waals surface area contributed by atoms with Gasteiger partial charge in [0.15, 0.2) is 0 Å². The van der Waals surface area contributed by atoms with Gasteiger partial charge in [-0.15, -0.1) is 0 Å². The SMILES string of the molecule is CCn1cc(CN2CCn3nc(CN4C[C@@H]5C[C@H]4CN5C)cc3C2)cc1C#N. The first kappa shape index (κ1) is 17.9. The van der Waals surface area contributed by atoms with Gasteiger partial charge in [0.25, 0.3) is 0 Å². The number of likely N-dealkylation sites (tertiary alicyclic amines) is 2. The molecular weight excluding hydrogens is 350 g/mol. The third-order valence-corrected chi connectivity index (χ3v) is 6.74. The Kier molecular flexibility index (Phi) is 4.50. The van der Waals surface area contributed by atoms with Crippen LogP contribution in [0.25, 0.3) is 0 Å². The summed E-state index contributed by atoms with van der Waals surface area (Å²) in [6.07, 6.45) is 3.44. The quantitative estimate of drug-likeness (QED) is 0.788. The number of hydrogen-bond acceptors (Lipinski definition) is 5. The van der Waals surface area contributed by atoms with Crippen LogP contribution in [0.3, 0.4) is 0 Å². The molecule has 0 aromatic carbocycles. The first-order valence-corrected chi connectivity index (χ1v) is 10.4. The van der Waals surface area contributed by atoms with Crippen LogP contribution in [0.5, 0.6) is 0 Å². The van der Waals surface area contributed by atoms with E-state index >= 15 is 0 Å². The molecule has 28 heavy (non-hydrogen) atoms. The summed E-state index contributed by atoms with van der Waals surface area (Å²) in [5, 5.41) is 14.2. The molecule has 3 aliphatic rings. The summed E-state index contributed by atoms with van der Waals surface area (Å²) in [6.45, 7) is 10.1. The van der Waals surface area contributed by atoms with E-state index in [0.717, 1.165) is 51.0 Å². The fourth-order valence-electron chi connectivity index (χ4n) is 5.21. The number of rotatable bonds is 5. The van der Waals surface area contributed by atoms with E-state index in [9.17, 15) is 5.26 Å². The van der Waals surface area contributed by atoms with Crippen LogP contribution in [0.4, 0.5) is 0 Å². The van der Waals surface area contributed by atoms with Crippen molar-refractivity contribution in [3.63, 3.8) is 0 Å². The highest BCUT2D eigenvalue weighted by atomic mass is 15.4. The minimum absolute atomic E-state index is 0.710. The number of aromatic nitrogens is 3. The summed E-state index contributed by atoms with van der Waals surface area (Å²) < 4.78 is 4.23. The number of likely N-dealkylation sites (N-methyl/N-ethyl adjacent to an activating group) is 1. The Hall–Kier alpha value is -2.14. The third-order valence-electron chi connectivity index (χ3n) is 6.74. The van der Waals surface area contributed by atoms with Gasteiger partial charge < -0.3 is 9.47 Å². The standard InChI is InChI=1S/C21H29N7/c1-3-26-11-16(6-18(26)9-22)10-25-4-5-28-21(14-25)7-17(23-28)12-27-15-19-8-20(27)13-24(19)2/h6-7,11,19-20H,3-5,8,10,12-15H2,1-2H3/t19-,20-/m0/s1. The van der Waals surface area contributed by atoms with Crippen LogP contribution < -0.4 is 0 Å². The zero-order chi connectivity index (χ0) is 19.3. The molecule has 7 nitrogen and oxygen atoms in total. The van der Waals surface area contributed by atoms with Crippen molar-refractivity contribution >= 4 is 0 Å². The van der Waals surface area contributed by atoms with E-state index in [4.69, 9.17) is 5.10 Å². The molecule has 2 aromatic rings. The maximum absolute atomic E-state index is 9.27. The van der Waals surface area contributed by atoms with E-state index < -0.39 is 0 Å². The molecule has 2 atom stereocenters. The minimum atomic E-state index is 0.710. The van der Waals surface area contributed by atoms with Crippen LogP contribution in [0.15, 0.2) is 18.3 Å². The Morgan fingerprint density at radius 3 is 2.75 bits per heavy atom. The second-order valence-electron chi connectivity index (χ2n) is 8.60. The number of piperazine rings is 1. The van der Waals surface area contributed by atoms with Gasteiger partial charge in [-0.05, 0) is 38.1 Å². The molecule has 0 saturated carbocycles. The predicted molar refractivity (Wildman–Crippen MR) is 106 cm³/mol. The Labute approximate surface area is 166 Å². The van der Waals surface area contributed by atoms with E-state index in [2.05, 4.69) is 51.7 Å². The van der Waals surface area contributed by atoms with Crippen LogP contribution >= 0.6 is 0 Å². The highest BCUT2D eigenvalue weighted by molar-refractivity contribution is 5.29. The molecule has 2 fully saturated rings. The summed E-state index contributed by atoms with van der Waals surface area (Å²) in [6, 6.07) is 8.08. The maximum Gasteiger partial charge on any atom is 0.120 e. The molecule has 5 rings (SSSR count). The van der Waals surface area contributed by atoms with Gasteiger partial charge in [0.1, 0.15) is 11.8 Å². The lowest BCUT2D eigenvalue weighted by Gasteiger charge is -2.31. The van der Waals surface area contributed by atoms with Gasteiger partial charge in [0.05, 0.1) is 17.9 Å². The van der Waals surface area contributed by atoms with E-state index in [1.54, 1.807) is 0 Å². The second-order valence-corrected chi connectivity index (χ2v) is 8.60. The number of nitrogens with zero attached hydrogens (tertiary/aromatic N) is 7. The van der Waals surface area contributed by atoms with Crippen LogP contribution in [-0.4, -0.2) is 67.8 Å². The van der Waals surface area contributed by atoms with E-state index in [-0.39, 0.29) is 0 Å². The lowest BCUT2D eigenvalue weighted by molar-refractivity contribution is 0.141. The molecule has 0 unspecified atom stereocenters. The molecule has 0 radical (unpaired) electrons. The fourth-order valence-corrected chi connectivity index (χ4v) is 5.21. The number of nitriles is 1. The molecule has 0 N–H and O–H groups in total. The lowest BCUT2D eigenvalue weighted by atomic mass is 10.2. The number of aryl methyl sites for hydroxylation is 1. The van der Waals surface area contributed by atoms with Gasteiger partial charge in [-0.3, -0.25) is 14.5 Å². The largest absolute Gasteiger partial charge is 0.339 e. The van der Waals surface area contributed by atoms with Crippen LogP contribution in [0, 0.1) is 11.3 Å². The number of fused-ring (bicyclic) bond motifs is 3. The first-order chi connectivity index (χ1) is 13.6. The van der Waals surface area contributed by atoms with Crippen molar-refractivity contribution in [1.29, 1.82) is 5.26 Å². The molecule has 2 aromatic heterocycles. The topological polar surface area (TPSA) is 56.3 Å². The molecule has 2 bridgehead atoms. The van der Waals surface area contributed by atoms with Crippen molar-refractivity contribution in [2.45, 2.75) is 58.2 Å². The molecule has 0 amide bonds. The third kappa shape index (κ3) is 3.16. The van der Waals surface area contributed by atoms with Gasteiger partial charge in [0.2, 0.25) is 0 Å². The molecule has 3 aliphatic heterocycles. The van der Waals surface area contributed by atoms with Gasteiger partial charge in [-0.2, -0.15) is 10.4 Å². The van der Waals surface area contributed by atoms with Crippen molar-refractivity contribution in [2.24, 2.45) is 0 Å². The van der Waals surface area contributed by atoms with Gasteiger partial charge in [-0.1, -0.05) is 0 Å². The van der Waals surface area contributed by atoms with E-state index in [1.165, 1.54) is 36.5 Å². The maximum atomic E-state index is 9.27. The van der Waals surface area contributed by atoms with E-state index in [1.807, 2.05) is 10.6 Å². The predicted octanol–water partition coefficient (Wildman–Crippen LogP) is 1.48. The summed E-state index contributed by atoms with van der Waals surface area (Å²) in [7, 11) is 2.25. The summed E-state index contributed by atoms with van der Waals surface area (Å²) >= 11 is 0. The normalized spacial score (nSPS) is 25.3. The second kappa shape index (κ2) is 7.03. The monoisotopic (exact) mass is 379 g/mol. The Balaban J connectivity index is 1.23. The summed E-state index contributed by atoms with van der Waals surface area (Å²) in [4.78, 5) is 7.58. The molecule has 0 spiro atoms. The van der Waals surface area contributed by atoms with Crippen molar-refractivity contribution < 1.29 is 0 Å². The van der Waals surface area contributed by atoms with Crippen LogP contribution in [-0.2, 0) is 32.7 Å². The average Bonchev–Trinajstić information content (AvgIpc) is 3.43. The zero-order valence-electron chi connectivity index (χ0n) is 16.9.